The molecule has 4 nitrogen and oxygen atoms in total. The Bertz CT molecular complexity index is 820. The lowest BCUT2D eigenvalue weighted by Gasteiger charge is -2.32. The van der Waals surface area contributed by atoms with Crippen molar-refractivity contribution in [1.29, 1.82) is 0 Å². The summed E-state index contributed by atoms with van der Waals surface area (Å²) in [6.07, 6.45) is 0.888. The van der Waals surface area contributed by atoms with Crippen molar-refractivity contribution >= 4 is 35.0 Å². The number of carbonyl (C=O) groups excluding carboxylic acids is 2. The Labute approximate surface area is 138 Å². The molecule has 2 aromatic carbocycles. The van der Waals surface area contributed by atoms with E-state index in [0.717, 1.165) is 28.9 Å². The van der Waals surface area contributed by atoms with E-state index in [1.54, 1.807) is 4.90 Å². The highest BCUT2D eigenvalue weighted by Gasteiger charge is 2.58. The number of anilines is 2. The van der Waals surface area contributed by atoms with Crippen LogP contribution in [0.15, 0.2) is 48.5 Å². The molecule has 2 heterocycles. The van der Waals surface area contributed by atoms with E-state index in [1.807, 2.05) is 48.5 Å². The van der Waals surface area contributed by atoms with E-state index >= 15 is 0 Å². The molecule has 0 unspecified atom stereocenters. The zero-order valence-electron chi connectivity index (χ0n) is 12.7. The van der Waals surface area contributed by atoms with Crippen LogP contribution in [0.25, 0.3) is 0 Å². The van der Waals surface area contributed by atoms with Crippen LogP contribution in [-0.4, -0.2) is 17.6 Å². The monoisotopic (exact) mass is 324 g/mol. The molecule has 23 heavy (non-hydrogen) atoms. The molecular formula is C18H16N2O2S. The van der Waals surface area contributed by atoms with Crippen molar-refractivity contribution in [2.24, 2.45) is 0 Å². The first-order chi connectivity index (χ1) is 11.2. The molecule has 116 valence electrons. The predicted octanol–water partition coefficient (Wildman–Crippen LogP) is 3.13. The average molecular weight is 324 g/mol. The number of amides is 2. The van der Waals surface area contributed by atoms with Gasteiger partial charge in [-0.15, -0.1) is 11.8 Å². The third-order valence-electron chi connectivity index (χ3n) is 4.39. The van der Waals surface area contributed by atoms with Gasteiger partial charge < -0.3 is 5.32 Å². The summed E-state index contributed by atoms with van der Waals surface area (Å²) in [4.78, 5) is 26.1. The van der Waals surface area contributed by atoms with E-state index in [0.29, 0.717) is 5.75 Å². The smallest absolute Gasteiger partial charge is 0.266 e. The summed E-state index contributed by atoms with van der Waals surface area (Å²) in [5.41, 5.74) is 3.58. The summed E-state index contributed by atoms with van der Waals surface area (Å²) in [6, 6.07) is 15.5. The molecule has 5 heteroatoms. The lowest BCUT2D eigenvalue weighted by atomic mass is 10.0. The number of nitrogens with zero attached hydrogens (tertiary/aromatic N) is 1. The van der Waals surface area contributed by atoms with Crippen molar-refractivity contribution in [3.63, 3.8) is 0 Å². The number of hydrogen-bond donors (Lipinski definition) is 1. The van der Waals surface area contributed by atoms with Crippen LogP contribution in [0.2, 0.25) is 0 Å². The molecule has 2 aliphatic heterocycles. The van der Waals surface area contributed by atoms with Crippen LogP contribution in [0.1, 0.15) is 18.1 Å². The van der Waals surface area contributed by atoms with Crippen LogP contribution in [-0.2, 0) is 20.9 Å². The van der Waals surface area contributed by atoms with Crippen molar-refractivity contribution < 1.29 is 9.59 Å². The van der Waals surface area contributed by atoms with Crippen LogP contribution < -0.4 is 10.2 Å². The van der Waals surface area contributed by atoms with Gasteiger partial charge in [0, 0.05) is 16.9 Å². The Hall–Kier alpha value is -2.27. The fourth-order valence-electron chi connectivity index (χ4n) is 3.29. The Kier molecular flexibility index (Phi) is 3.20. The molecule has 0 aromatic heterocycles. The minimum absolute atomic E-state index is 0.0323. The van der Waals surface area contributed by atoms with Gasteiger partial charge in [-0.05, 0) is 30.2 Å². The van der Waals surface area contributed by atoms with Crippen molar-refractivity contribution in [3.8, 4) is 0 Å². The minimum Gasteiger partial charge on any atom is -0.323 e. The van der Waals surface area contributed by atoms with E-state index in [1.165, 1.54) is 11.8 Å². The molecule has 0 radical (unpaired) electrons. The first kappa shape index (κ1) is 14.3. The first-order valence-electron chi connectivity index (χ1n) is 7.63. The Morgan fingerprint density at radius 2 is 2.00 bits per heavy atom. The molecule has 0 bridgehead atoms. The Balaban J connectivity index is 1.91. The van der Waals surface area contributed by atoms with Gasteiger partial charge in [0.25, 0.3) is 5.91 Å². The summed E-state index contributed by atoms with van der Waals surface area (Å²) in [5, 5.41) is 2.93. The Morgan fingerprint density at radius 3 is 2.83 bits per heavy atom. The second-order valence-corrected chi connectivity index (χ2v) is 6.85. The SMILES string of the molecule is CCc1cccc(N2C(=O)CS[C@@]23C(=O)Nc2ccccc23)c1. The summed E-state index contributed by atoms with van der Waals surface area (Å²) in [6.45, 7) is 2.08. The highest BCUT2D eigenvalue weighted by molar-refractivity contribution is 8.02. The molecule has 2 aromatic rings. The fourth-order valence-corrected chi connectivity index (χ4v) is 4.61. The molecule has 2 amide bonds. The second kappa shape index (κ2) is 5.13. The van der Waals surface area contributed by atoms with Gasteiger partial charge in [0.15, 0.2) is 0 Å². The molecular weight excluding hydrogens is 308 g/mol. The van der Waals surface area contributed by atoms with Crippen molar-refractivity contribution in [3.05, 3.63) is 59.7 Å². The van der Waals surface area contributed by atoms with E-state index < -0.39 is 4.87 Å². The van der Waals surface area contributed by atoms with Crippen molar-refractivity contribution in [2.45, 2.75) is 18.2 Å². The topological polar surface area (TPSA) is 49.4 Å². The van der Waals surface area contributed by atoms with E-state index in [-0.39, 0.29) is 11.8 Å². The summed E-state index contributed by atoms with van der Waals surface area (Å²) < 4.78 is 0. The molecule has 1 fully saturated rings. The quantitative estimate of drug-likeness (QED) is 0.923. The maximum atomic E-state index is 12.8. The number of benzene rings is 2. The maximum Gasteiger partial charge on any atom is 0.266 e. The maximum absolute atomic E-state index is 12.8. The molecule has 0 saturated carbocycles. The van der Waals surface area contributed by atoms with Gasteiger partial charge in [0.05, 0.1) is 5.75 Å². The van der Waals surface area contributed by atoms with E-state index in [4.69, 9.17) is 0 Å². The van der Waals surface area contributed by atoms with Crippen molar-refractivity contribution in [1.82, 2.24) is 0 Å². The summed E-state index contributed by atoms with van der Waals surface area (Å²) >= 11 is 1.39. The zero-order valence-corrected chi connectivity index (χ0v) is 13.5. The average Bonchev–Trinajstić information content (AvgIpc) is 3.07. The highest BCUT2D eigenvalue weighted by atomic mass is 32.2. The number of carbonyl (C=O) groups is 2. The summed E-state index contributed by atoms with van der Waals surface area (Å²) in [5.74, 6) is 0.129. The highest BCUT2D eigenvalue weighted by Crippen LogP contribution is 2.53. The zero-order chi connectivity index (χ0) is 16.0. The van der Waals surface area contributed by atoms with Crippen LogP contribution in [0.3, 0.4) is 0 Å². The van der Waals surface area contributed by atoms with Crippen molar-refractivity contribution in [2.75, 3.05) is 16.0 Å². The third kappa shape index (κ3) is 1.93. The van der Waals surface area contributed by atoms with Gasteiger partial charge in [-0.2, -0.15) is 0 Å². The molecule has 1 N–H and O–H groups in total. The fraction of sp³-hybridized carbons (Fsp3) is 0.222. The van der Waals surface area contributed by atoms with Crippen LogP contribution >= 0.6 is 11.8 Å². The summed E-state index contributed by atoms with van der Waals surface area (Å²) in [7, 11) is 0. The first-order valence-corrected chi connectivity index (χ1v) is 8.62. The van der Waals surface area contributed by atoms with Gasteiger partial charge in [-0.1, -0.05) is 37.3 Å². The lowest BCUT2D eigenvalue weighted by molar-refractivity contribution is -0.122. The number of para-hydroxylation sites is 1. The number of rotatable bonds is 2. The molecule has 2 aliphatic rings. The largest absolute Gasteiger partial charge is 0.323 e. The second-order valence-electron chi connectivity index (χ2n) is 5.69. The van der Waals surface area contributed by atoms with E-state index in [9.17, 15) is 9.59 Å². The van der Waals surface area contributed by atoms with Crippen LogP contribution in [0, 0.1) is 0 Å². The standard InChI is InChI=1S/C18H16N2O2S/c1-2-12-6-5-7-13(10-12)20-16(21)11-23-18(20)14-8-3-4-9-15(14)19-17(18)22/h3-10H,2,11H2,1H3,(H,19,22)/t18-/m0/s1. The van der Waals surface area contributed by atoms with Gasteiger partial charge in [0.1, 0.15) is 0 Å². The number of thioether (sulfide) groups is 1. The minimum atomic E-state index is -0.986. The van der Waals surface area contributed by atoms with E-state index in [2.05, 4.69) is 12.2 Å². The number of hydrogen-bond acceptors (Lipinski definition) is 3. The van der Waals surface area contributed by atoms with Crippen LogP contribution in [0.5, 0.6) is 0 Å². The number of aryl methyl sites for hydroxylation is 1. The van der Waals surface area contributed by atoms with Crippen LogP contribution in [0.4, 0.5) is 11.4 Å². The van der Waals surface area contributed by atoms with Gasteiger partial charge >= 0.3 is 0 Å². The lowest BCUT2D eigenvalue weighted by Crippen LogP contribution is -2.47. The Morgan fingerprint density at radius 1 is 1.17 bits per heavy atom. The molecule has 1 saturated heterocycles. The molecule has 1 atom stereocenters. The number of nitrogens with one attached hydrogen (secondary N) is 1. The molecule has 1 spiro atoms. The molecule has 4 rings (SSSR count). The number of fused-ring (bicyclic) bond motifs is 2. The normalized spacial score (nSPS) is 22.6. The predicted molar refractivity (Wildman–Crippen MR) is 92.5 cm³/mol. The van der Waals surface area contributed by atoms with Gasteiger partial charge in [-0.3, -0.25) is 14.5 Å². The van der Waals surface area contributed by atoms with Gasteiger partial charge in [-0.25, -0.2) is 0 Å². The van der Waals surface area contributed by atoms with Gasteiger partial charge in [0.2, 0.25) is 10.8 Å². The third-order valence-corrected chi connectivity index (χ3v) is 5.79. The molecule has 0 aliphatic carbocycles.